The Morgan fingerprint density at radius 1 is 0.800 bits per heavy atom. The van der Waals surface area contributed by atoms with E-state index in [0.717, 1.165) is 50.9 Å². The van der Waals surface area contributed by atoms with E-state index in [1.807, 2.05) is 6.07 Å². The average molecular weight is 643 g/mol. The zero-order valence-corrected chi connectivity index (χ0v) is 25.9. The molecule has 0 N–H and O–H groups in total. The number of alkyl halides is 2. The summed E-state index contributed by atoms with van der Waals surface area (Å²) in [5, 5.41) is 0. The van der Waals surface area contributed by atoms with Crippen LogP contribution in [0.2, 0.25) is 0 Å². The first-order valence-corrected chi connectivity index (χ1v) is 16.5. The Bertz CT molecular complexity index is 1210. The van der Waals surface area contributed by atoms with Crippen molar-refractivity contribution in [1.82, 2.24) is 0 Å². The number of halogens is 6. The molecule has 5 rings (SSSR count). The second-order valence-corrected chi connectivity index (χ2v) is 13.0. The van der Waals surface area contributed by atoms with Crippen molar-refractivity contribution < 1.29 is 45.3 Å². The smallest absolute Gasteiger partial charge is 0.400 e. The highest BCUT2D eigenvalue weighted by Gasteiger charge is 2.44. The topological polar surface area (TPSA) is 36.9 Å². The van der Waals surface area contributed by atoms with E-state index in [2.05, 4.69) is 11.7 Å². The predicted molar refractivity (Wildman–Crippen MR) is 157 cm³/mol. The molecule has 10 heteroatoms. The van der Waals surface area contributed by atoms with Crippen molar-refractivity contribution in [3.05, 3.63) is 64.7 Å². The van der Waals surface area contributed by atoms with Gasteiger partial charge in [-0.2, -0.15) is 8.78 Å². The molecule has 45 heavy (non-hydrogen) atoms. The maximum atomic E-state index is 15.1. The lowest BCUT2D eigenvalue weighted by atomic mass is 9.78. The van der Waals surface area contributed by atoms with Gasteiger partial charge in [-0.3, -0.25) is 0 Å². The van der Waals surface area contributed by atoms with Crippen molar-refractivity contribution in [3.8, 4) is 5.75 Å². The minimum absolute atomic E-state index is 0.0350. The number of hydrogen-bond acceptors (Lipinski definition) is 4. The minimum Gasteiger partial charge on any atom is -0.432 e. The molecule has 2 saturated carbocycles. The molecule has 0 atom stereocenters. The zero-order chi connectivity index (χ0) is 32.0. The molecule has 2 aromatic carbocycles. The maximum absolute atomic E-state index is 15.1. The van der Waals surface area contributed by atoms with Gasteiger partial charge in [0.15, 0.2) is 23.7 Å². The Balaban J connectivity index is 1.03. The van der Waals surface area contributed by atoms with E-state index in [9.17, 15) is 22.0 Å². The van der Waals surface area contributed by atoms with Crippen LogP contribution >= 0.6 is 0 Å². The molecule has 1 saturated heterocycles. The summed E-state index contributed by atoms with van der Waals surface area (Å²) < 4.78 is 108. The van der Waals surface area contributed by atoms with Gasteiger partial charge in [-0.15, -0.1) is 0 Å². The maximum Gasteiger partial charge on any atom is 0.400 e. The lowest BCUT2D eigenvalue weighted by Gasteiger charge is -2.37. The highest BCUT2D eigenvalue weighted by atomic mass is 19.3. The third-order valence-corrected chi connectivity index (χ3v) is 9.72. The van der Waals surface area contributed by atoms with Crippen LogP contribution in [0, 0.1) is 41.0 Å². The fourth-order valence-corrected chi connectivity index (χ4v) is 6.99. The van der Waals surface area contributed by atoms with Crippen LogP contribution in [0.5, 0.6) is 5.75 Å². The average Bonchev–Trinajstić information content (AvgIpc) is 3.03. The van der Waals surface area contributed by atoms with Crippen molar-refractivity contribution >= 4 is 0 Å². The summed E-state index contributed by atoms with van der Waals surface area (Å²) in [6.07, 6.45) is 5.51. The predicted octanol–water partition coefficient (Wildman–Crippen LogP) is 9.83. The summed E-state index contributed by atoms with van der Waals surface area (Å²) in [6.45, 7) is 4.05. The van der Waals surface area contributed by atoms with Crippen molar-refractivity contribution in [2.24, 2.45) is 17.8 Å². The van der Waals surface area contributed by atoms with E-state index in [1.165, 1.54) is 25.3 Å². The van der Waals surface area contributed by atoms with Gasteiger partial charge in [0.2, 0.25) is 0 Å². The normalized spacial score (nSPS) is 27.8. The number of ether oxygens (including phenoxy) is 4. The van der Waals surface area contributed by atoms with Crippen LogP contribution in [-0.4, -0.2) is 31.7 Å². The molecule has 0 unspecified atom stereocenters. The molecule has 0 aromatic heterocycles. The van der Waals surface area contributed by atoms with Gasteiger partial charge in [-0.05, 0) is 80.9 Å². The quantitative estimate of drug-likeness (QED) is 0.131. The van der Waals surface area contributed by atoms with Gasteiger partial charge < -0.3 is 18.9 Å². The van der Waals surface area contributed by atoms with Gasteiger partial charge >= 0.3 is 6.11 Å². The molecule has 3 aliphatic rings. The second-order valence-electron chi connectivity index (χ2n) is 13.0. The van der Waals surface area contributed by atoms with Crippen LogP contribution in [0.25, 0.3) is 0 Å². The molecule has 1 heterocycles. The number of unbranched alkanes of at least 4 members (excludes halogenated alkanes) is 2. The third kappa shape index (κ3) is 8.95. The molecule has 1 aliphatic heterocycles. The van der Waals surface area contributed by atoms with Crippen molar-refractivity contribution in [1.29, 1.82) is 0 Å². The highest BCUT2D eigenvalue weighted by molar-refractivity contribution is 5.28. The van der Waals surface area contributed by atoms with E-state index in [0.29, 0.717) is 49.0 Å². The molecular formula is C35H44F6O4. The van der Waals surface area contributed by atoms with Gasteiger partial charge in [0.25, 0.3) is 0 Å². The molecule has 250 valence electrons. The van der Waals surface area contributed by atoms with Crippen LogP contribution in [-0.2, 0) is 20.8 Å². The fraction of sp³-hybridized carbons (Fsp3) is 0.657. The SMILES string of the molecule is CCCCCC1COC(C2CCC(OCc3ccc(C4CCC(C(F)(F)Oc5cc(F)c(F)c(F)c5)CC4)c(F)c3)CC2)OC1. The van der Waals surface area contributed by atoms with Gasteiger partial charge in [-0.1, -0.05) is 38.3 Å². The molecule has 0 bridgehead atoms. The standard InChI is InChI=1S/C35H44F6O4/c1-2-3-4-5-23-20-43-34(44-21-23)25-9-13-27(14-10-25)42-19-22-6-15-29(30(36)16-22)24-7-11-26(12-8-24)35(40,41)45-28-17-31(37)33(39)32(38)18-28/h6,15-18,23-27,34H,2-5,7-14,19-21H2,1H3. The summed E-state index contributed by atoms with van der Waals surface area (Å²) in [5.41, 5.74) is 1.20. The van der Waals surface area contributed by atoms with E-state index in [4.69, 9.17) is 14.2 Å². The van der Waals surface area contributed by atoms with Gasteiger partial charge in [0.1, 0.15) is 11.6 Å². The Kier molecular flexibility index (Phi) is 11.7. The fourth-order valence-electron chi connectivity index (χ4n) is 6.99. The summed E-state index contributed by atoms with van der Waals surface area (Å²) >= 11 is 0. The largest absolute Gasteiger partial charge is 0.432 e. The summed E-state index contributed by atoms with van der Waals surface area (Å²) in [4.78, 5) is 0. The molecular weight excluding hydrogens is 598 g/mol. The molecule has 2 aliphatic carbocycles. The molecule has 4 nitrogen and oxygen atoms in total. The van der Waals surface area contributed by atoms with Crippen molar-refractivity contribution in [3.63, 3.8) is 0 Å². The minimum atomic E-state index is -3.71. The van der Waals surface area contributed by atoms with Crippen LogP contribution in [0.4, 0.5) is 26.3 Å². The molecule has 2 aromatic rings. The van der Waals surface area contributed by atoms with Crippen molar-refractivity contribution in [2.75, 3.05) is 13.2 Å². The van der Waals surface area contributed by atoms with E-state index >= 15 is 4.39 Å². The molecule has 0 spiro atoms. The Hall–Kier alpha value is -2.30. The highest BCUT2D eigenvalue weighted by Crippen LogP contribution is 2.44. The Morgan fingerprint density at radius 2 is 1.47 bits per heavy atom. The third-order valence-electron chi connectivity index (χ3n) is 9.72. The second kappa shape index (κ2) is 15.5. The van der Waals surface area contributed by atoms with E-state index < -0.39 is 35.2 Å². The van der Waals surface area contributed by atoms with E-state index in [-0.39, 0.29) is 37.0 Å². The number of hydrogen-bond donors (Lipinski definition) is 0. The van der Waals surface area contributed by atoms with Crippen molar-refractivity contribution in [2.45, 2.75) is 115 Å². The zero-order valence-electron chi connectivity index (χ0n) is 25.9. The lowest BCUT2D eigenvalue weighted by Crippen LogP contribution is -2.39. The van der Waals surface area contributed by atoms with E-state index in [1.54, 1.807) is 6.07 Å². The first-order valence-electron chi connectivity index (χ1n) is 16.5. The van der Waals surface area contributed by atoms with Crippen LogP contribution in [0.3, 0.4) is 0 Å². The first-order chi connectivity index (χ1) is 21.6. The van der Waals surface area contributed by atoms with Crippen LogP contribution in [0.15, 0.2) is 30.3 Å². The number of rotatable bonds is 12. The first kappa shape index (κ1) is 34.0. The van der Waals surface area contributed by atoms with Gasteiger partial charge in [-0.25, -0.2) is 17.6 Å². The number of benzene rings is 2. The molecule has 0 radical (unpaired) electrons. The Labute approximate surface area is 261 Å². The molecule has 3 fully saturated rings. The monoisotopic (exact) mass is 642 g/mol. The van der Waals surface area contributed by atoms with Gasteiger partial charge in [0, 0.05) is 24.0 Å². The summed E-state index contributed by atoms with van der Waals surface area (Å²) in [7, 11) is 0. The molecule has 0 amide bonds. The van der Waals surface area contributed by atoms with Crippen LogP contribution < -0.4 is 4.74 Å². The van der Waals surface area contributed by atoms with Crippen LogP contribution in [0.1, 0.15) is 101 Å². The summed E-state index contributed by atoms with van der Waals surface area (Å²) in [5.74, 6) is -6.73. The summed E-state index contributed by atoms with van der Waals surface area (Å²) in [6, 6.07) is 5.79. The lowest BCUT2D eigenvalue weighted by molar-refractivity contribution is -0.231. The Morgan fingerprint density at radius 3 is 2.09 bits per heavy atom. The van der Waals surface area contributed by atoms with Gasteiger partial charge in [0.05, 0.1) is 31.8 Å².